The second-order valence-corrected chi connectivity index (χ2v) is 7.55. The fraction of sp³-hybridized carbons (Fsp3) is 0.167. The Morgan fingerprint density at radius 2 is 2.00 bits per heavy atom. The normalized spacial score (nSPS) is 15.2. The van der Waals surface area contributed by atoms with Crippen LogP contribution in [0.5, 0.6) is 0 Å². The smallest absolute Gasteiger partial charge is 0.396 e. The van der Waals surface area contributed by atoms with Crippen molar-refractivity contribution in [1.29, 1.82) is 0 Å². The van der Waals surface area contributed by atoms with E-state index in [0.29, 0.717) is 11.5 Å². The van der Waals surface area contributed by atoms with Crippen LogP contribution >= 0.6 is 0 Å². The predicted molar refractivity (Wildman–Crippen MR) is 119 cm³/mol. The number of nitrogens with zero attached hydrogens (tertiary/aromatic N) is 3. The lowest BCUT2D eigenvalue weighted by molar-refractivity contribution is -0.653. The summed E-state index contributed by atoms with van der Waals surface area (Å²) in [5.74, 6) is 2.79. The number of fused-ring (bicyclic) bond motifs is 3. The van der Waals surface area contributed by atoms with E-state index in [1.807, 2.05) is 19.2 Å². The number of anilines is 1. The van der Waals surface area contributed by atoms with Gasteiger partial charge >= 0.3 is 6.85 Å². The highest BCUT2D eigenvalue weighted by Crippen LogP contribution is 2.36. The predicted octanol–water partition coefficient (Wildman–Crippen LogP) is 3.84. The highest BCUT2D eigenvalue weighted by atomic mass is 16.3. The molecule has 3 aromatic heterocycles. The van der Waals surface area contributed by atoms with E-state index < -0.39 is 6.85 Å². The summed E-state index contributed by atoms with van der Waals surface area (Å²) in [6, 6.07) is 16.0. The van der Waals surface area contributed by atoms with Gasteiger partial charge in [-0.15, -0.1) is 0 Å². The van der Waals surface area contributed by atoms with Crippen molar-refractivity contribution in [3.05, 3.63) is 77.7 Å². The molecule has 4 nitrogen and oxygen atoms in total. The van der Waals surface area contributed by atoms with Crippen molar-refractivity contribution in [2.45, 2.75) is 13.8 Å². The Balaban J connectivity index is 1.56. The minimum atomic E-state index is -2.27. The summed E-state index contributed by atoms with van der Waals surface area (Å²) >= 11 is 0. The first-order valence-electron chi connectivity index (χ1n) is 11.1. The van der Waals surface area contributed by atoms with Crippen LogP contribution in [-0.4, -0.2) is 18.9 Å². The van der Waals surface area contributed by atoms with Crippen LogP contribution in [0.1, 0.15) is 21.1 Å². The first-order chi connectivity index (χ1) is 15.2. The molecular weight excluding hydrogens is 357 g/mol. The zero-order chi connectivity index (χ0) is 22.6. The third kappa shape index (κ3) is 2.85. The number of pyridine rings is 2. The van der Waals surface area contributed by atoms with Gasteiger partial charge < -0.3 is 9.23 Å². The molecule has 0 saturated carbocycles. The van der Waals surface area contributed by atoms with E-state index in [-0.39, 0.29) is 12.5 Å². The minimum Gasteiger partial charge on any atom is -0.436 e. The molecule has 29 heavy (non-hydrogen) atoms. The van der Waals surface area contributed by atoms with Crippen molar-refractivity contribution in [3.63, 3.8) is 0 Å². The lowest BCUT2D eigenvalue weighted by Gasteiger charge is -2.26. The Bertz CT molecular complexity index is 1360. The van der Waals surface area contributed by atoms with Crippen LogP contribution in [0.25, 0.3) is 28.3 Å². The van der Waals surface area contributed by atoms with Gasteiger partial charge in [-0.25, -0.2) is 9.55 Å². The molecule has 142 valence electrons. The maximum Gasteiger partial charge on any atom is 0.396 e. The molecule has 0 atom stereocenters. The monoisotopic (exact) mass is 383 g/mol. The van der Waals surface area contributed by atoms with E-state index in [2.05, 4.69) is 70.8 Å². The summed E-state index contributed by atoms with van der Waals surface area (Å²) in [7, 11) is 4.09. The molecule has 1 aromatic carbocycles. The minimum absolute atomic E-state index is 0.000819. The van der Waals surface area contributed by atoms with E-state index in [1.54, 1.807) is 12.1 Å². The number of rotatable bonds is 2. The standard InChI is InChI=1S/C24H23BN3O/c1-16-14-22(27(3)15-20(16)18-8-6-5-7-9-18)25-13-12-21-23(28(25)4)19-11-10-17(2)26-24(19)29-21/h5-15H,1-4H3/q+1/i2D3. The summed E-state index contributed by atoms with van der Waals surface area (Å²) in [6.07, 6.45) is 4.13. The molecule has 0 fully saturated rings. The lowest BCUT2D eigenvalue weighted by atomic mass is 9.55. The summed E-state index contributed by atoms with van der Waals surface area (Å²) in [5.41, 5.74) is 6.06. The number of aryl methyl sites for hydroxylation is 3. The SMILES string of the molecule is [2H]C([2H])([2H])c1ccc2c3c(oc2n1)C=CB(c1cc(C)c(-c2ccccc2)c[n+]1C)N3C. The second kappa shape index (κ2) is 6.62. The molecule has 5 rings (SSSR count). The summed E-state index contributed by atoms with van der Waals surface area (Å²) in [4.78, 5) is 6.43. The fourth-order valence-electron chi connectivity index (χ4n) is 4.19. The molecule has 0 amide bonds. The number of hydrogen-bond acceptors (Lipinski definition) is 3. The zero-order valence-electron chi connectivity index (χ0n) is 19.7. The number of furan rings is 1. The van der Waals surface area contributed by atoms with E-state index in [4.69, 9.17) is 8.53 Å². The van der Waals surface area contributed by atoms with Crippen LogP contribution in [0, 0.1) is 13.8 Å². The third-order valence-electron chi connectivity index (χ3n) is 5.66. The lowest BCUT2D eigenvalue weighted by Crippen LogP contribution is -2.60. The van der Waals surface area contributed by atoms with Crippen molar-refractivity contribution in [2.75, 3.05) is 11.9 Å². The molecule has 0 unspecified atom stereocenters. The molecular formula is C24H23BN3O+. The van der Waals surface area contributed by atoms with Crippen LogP contribution in [0.2, 0.25) is 0 Å². The van der Waals surface area contributed by atoms with Gasteiger partial charge in [0, 0.05) is 21.4 Å². The van der Waals surface area contributed by atoms with Gasteiger partial charge in [-0.1, -0.05) is 36.3 Å². The highest BCUT2D eigenvalue weighted by Gasteiger charge is 2.35. The van der Waals surface area contributed by atoms with Gasteiger partial charge in [0.25, 0.3) is 0 Å². The average molecular weight is 383 g/mol. The molecule has 0 radical (unpaired) electrons. The molecule has 0 bridgehead atoms. The van der Waals surface area contributed by atoms with E-state index in [9.17, 15) is 0 Å². The molecule has 0 spiro atoms. The Morgan fingerprint density at radius 1 is 1.17 bits per heavy atom. The van der Waals surface area contributed by atoms with Crippen molar-refractivity contribution in [1.82, 2.24) is 4.98 Å². The number of hydrogen-bond donors (Lipinski definition) is 0. The number of benzene rings is 1. The largest absolute Gasteiger partial charge is 0.436 e. The van der Waals surface area contributed by atoms with E-state index >= 15 is 0 Å². The van der Waals surface area contributed by atoms with E-state index in [1.165, 1.54) is 16.7 Å². The van der Waals surface area contributed by atoms with Crippen molar-refractivity contribution < 1.29 is 13.1 Å². The summed E-state index contributed by atoms with van der Waals surface area (Å²) in [6.45, 7) is -0.131. The van der Waals surface area contributed by atoms with Crippen LogP contribution in [0.15, 0.2) is 65.1 Å². The van der Waals surface area contributed by atoms with Gasteiger partial charge in [0.1, 0.15) is 7.05 Å². The van der Waals surface area contributed by atoms with Gasteiger partial charge in [-0.3, -0.25) is 0 Å². The van der Waals surface area contributed by atoms with Crippen LogP contribution in [0.3, 0.4) is 0 Å². The Hall–Kier alpha value is -3.34. The van der Waals surface area contributed by atoms with Crippen molar-refractivity contribution >= 4 is 35.3 Å². The molecule has 0 saturated heterocycles. The van der Waals surface area contributed by atoms with Gasteiger partial charge in [-0.05, 0) is 50.2 Å². The maximum atomic E-state index is 7.62. The Labute approximate surface area is 175 Å². The first kappa shape index (κ1) is 14.6. The van der Waals surface area contributed by atoms with Crippen LogP contribution in [-0.2, 0) is 7.05 Å². The molecule has 0 N–H and O–H groups in total. The first-order valence-corrected chi connectivity index (χ1v) is 9.64. The fourth-order valence-corrected chi connectivity index (χ4v) is 4.19. The Morgan fingerprint density at radius 3 is 2.79 bits per heavy atom. The van der Waals surface area contributed by atoms with Gasteiger partial charge in [0.2, 0.25) is 5.71 Å². The third-order valence-corrected chi connectivity index (χ3v) is 5.66. The van der Waals surface area contributed by atoms with Gasteiger partial charge in [0.15, 0.2) is 17.6 Å². The molecule has 4 heterocycles. The average Bonchev–Trinajstić information content (AvgIpc) is 3.14. The van der Waals surface area contributed by atoms with Crippen LogP contribution < -0.4 is 15.0 Å². The molecule has 0 aliphatic carbocycles. The van der Waals surface area contributed by atoms with Crippen molar-refractivity contribution in [3.8, 4) is 11.1 Å². The van der Waals surface area contributed by atoms with E-state index in [0.717, 1.165) is 16.7 Å². The second-order valence-electron chi connectivity index (χ2n) is 7.55. The molecule has 5 heteroatoms. The maximum absolute atomic E-state index is 7.62. The number of aromatic nitrogens is 2. The Kier molecular flexibility index (Phi) is 3.34. The highest BCUT2D eigenvalue weighted by molar-refractivity contribution is 6.81. The van der Waals surface area contributed by atoms with Gasteiger partial charge in [-0.2, -0.15) is 0 Å². The molecule has 4 aromatic rings. The van der Waals surface area contributed by atoms with Crippen molar-refractivity contribution in [2.24, 2.45) is 7.05 Å². The van der Waals surface area contributed by atoms with Crippen LogP contribution in [0.4, 0.5) is 5.69 Å². The van der Waals surface area contributed by atoms with Gasteiger partial charge in [0.05, 0.1) is 11.1 Å². The topological polar surface area (TPSA) is 33.1 Å². The summed E-state index contributed by atoms with van der Waals surface area (Å²) in [5, 5.41) is 0.810. The molecule has 1 aliphatic heterocycles. The summed E-state index contributed by atoms with van der Waals surface area (Å²) < 4.78 is 30.9. The zero-order valence-corrected chi connectivity index (χ0v) is 16.7. The quantitative estimate of drug-likeness (QED) is 0.390. The molecule has 1 aliphatic rings.